The SMILES string of the molecule is CC(=O)c1cccc(Nc2cc(C(=O)Nc3ccc(C)cc3)nc(C)n2)c1. The lowest BCUT2D eigenvalue weighted by Crippen LogP contribution is -2.15. The Morgan fingerprint density at radius 3 is 2.33 bits per heavy atom. The molecule has 2 aromatic carbocycles. The Balaban J connectivity index is 1.81. The number of Topliss-reactive ketones (excluding diaryl/α,β-unsaturated/α-hetero) is 1. The highest BCUT2D eigenvalue weighted by molar-refractivity contribution is 6.03. The molecule has 0 fully saturated rings. The Kier molecular flexibility index (Phi) is 5.26. The summed E-state index contributed by atoms with van der Waals surface area (Å²) in [6, 6.07) is 16.2. The molecule has 3 aromatic rings. The molecule has 0 aliphatic heterocycles. The zero-order chi connectivity index (χ0) is 19.4. The number of benzene rings is 2. The minimum Gasteiger partial charge on any atom is -0.340 e. The second-order valence-electron chi connectivity index (χ2n) is 6.27. The first-order valence-electron chi connectivity index (χ1n) is 8.52. The third kappa shape index (κ3) is 4.76. The monoisotopic (exact) mass is 360 g/mol. The summed E-state index contributed by atoms with van der Waals surface area (Å²) in [5.41, 5.74) is 3.39. The highest BCUT2D eigenvalue weighted by Crippen LogP contribution is 2.18. The van der Waals surface area contributed by atoms with E-state index in [1.54, 1.807) is 31.2 Å². The molecule has 1 aromatic heterocycles. The maximum Gasteiger partial charge on any atom is 0.274 e. The van der Waals surface area contributed by atoms with E-state index in [0.717, 1.165) is 5.56 Å². The van der Waals surface area contributed by atoms with Crippen molar-refractivity contribution < 1.29 is 9.59 Å². The van der Waals surface area contributed by atoms with Gasteiger partial charge in [-0.3, -0.25) is 9.59 Å². The van der Waals surface area contributed by atoms with E-state index in [-0.39, 0.29) is 17.4 Å². The van der Waals surface area contributed by atoms with Crippen molar-refractivity contribution in [2.45, 2.75) is 20.8 Å². The van der Waals surface area contributed by atoms with Crippen LogP contribution in [0.2, 0.25) is 0 Å². The zero-order valence-corrected chi connectivity index (χ0v) is 15.4. The second kappa shape index (κ2) is 7.78. The summed E-state index contributed by atoms with van der Waals surface area (Å²) >= 11 is 0. The molecule has 0 atom stereocenters. The molecule has 27 heavy (non-hydrogen) atoms. The molecule has 0 aliphatic rings. The molecule has 0 spiro atoms. The lowest BCUT2D eigenvalue weighted by Gasteiger charge is -2.10. The number of carbonyl (C=O) groups is 2. The predicted octanol–water partition coefficient (Wildman–Crippen LogP) is 4.29. The summed E-state index contributed by atoms with van der Waals surface area (Å²) in [5, 5.41) is 5.95. The van der Waals surface area contributed by atoms with E-state index >= 15 is 0 Å². The van der Waals surface area contributed by atoms with Gasteiger partial charge in [-0.05, 0) is 45.0 Å². The molecule has 136 valence electrons. The van der Waals surface area contributed by atoms with Crippen LogP contribution in [-0.2, 0) is 0 Å². The minimum atomic E-state index is -0.315. The number of nitrogens with zero attached hydrogens (tertiary/aromatic N) is 2. The molecular formula is C21H20N4O2. The van der Waals surface area contributed by atoms with E-state index in [2.05, 4.69) is 20.6 Å². The van der Waals surface area contributed by atoms with E-state index in [0.29, 0.717) is 28.6 Å². The van der Waals surface area contributed by atoms with E-state index < -0.39 is 0 Å². The van der Waals surface area contributed by atoms with Crippen LogP contribution in [0.3, 0.4) is 0 Å². The number of amides is 1. The van der Waals surface area contributed by atoms with Gasteiger partial charge in [0, 0.05) is 23.0 Å². The number of hydrogen-bond donors (Lipinski definition) is 2. The summed E-state index contributed by atoms with van der Waals surface area (Å²) in [4.78, 5) is 32.6. The summed E-state index contributed by atoms with van der Waals surface area (Å²) in [7, 11) is 0. The highest BCUT2D eigenvalue weighted by Gasteiger charge is 2.11. The fourth-order valence-corrected chi connectivity index (χ4v) is 2.54. The van der Waals surface area contributed by atoms with E-state index in [1.807, 2.05) is 37.3 Å². The third-order valence-corrected chi connectivity index (χ3v) is 3.92. The molecule has 1 amide bonds. The van der Waals surface area contributed by atoms with Gasteiger partial charge in [-0.15, -0.1) is 0 Å². The van der Waals surface area contributed by atoms with Gasteiger partial charge in [0.15, 0.2) is 5.78 Å². The first kappa shape index (κ1) is 18.3. The van der Waals surface area contributed by atoms with Gasteiger partial charge in [0.05, 0.1) is 0 Å². The average molecular weight is 360 g/mol. The fraction of sp³-hybridized carbons (Fsp3) is 0.143. The number of ketones is 1. The van der Waals surface area contributed by atoms with Crippen molar-refractivity contribution in [2.24, 2.45) is 0 Å². The van der Waals surface area contributed by atoms with Crippen LogP contribution in [0, 0.1) is 13.8 Å². The van der Waals surface area contributed by atoms with Crippen LogP contribution in [0.5, 0.6) is 0 Å². The fourth-order valence-electron chi connectivity index (χ4n) is 2.54. The normalized spacial score (nSPS) is 10.3. The van der Waals surface area contributed by atoms with Crippen molar-refractivity contribution in [3.05, 3.63) is 77.2 Å². The van der Waals surface area contributed by atoms with Crippen LogP contribution in [0.15, 0.2) is 54.6 Å². The van der Waals surface area contributed by atoms with Crippen molar-refractivity contribution >= 4 is 28.9 Å². The van der Waals surface area contributed by atoms with Crippen LogP contribution in [-0.4, -0.2) is 21.7 Å². The number of hydrogen-bond acceptors (Lipinski definition) is 5. The van der Waals surface area contributed by atoms with Gasteiger partial charge in [0.2, 0.25) is 0 Å². The molecule has 0 saturated carbocycles. The molecule has 0 saturated heterocycles. The molecule has 0 unspecified atom stereocenters. The standard InChI is InChI=1S/C21H20N4O2/c1-13-7-9-17(10-8-13)25-21(27)19-12-20(23-15(3)22-19)24-18-6-4-5-16(11-18)14(2)26/h4-12H,1-3H3,(H,25,27)(H,22,23,24). The van der Waals surface area contributed by atoms with Crippen LogP contribution < -0.4 is 10.6 Å². The van der Waals surface area contributed by atoms with Crippen LogP contribution in [0.4, 0.5) is 17.2 Å². The number of aromatic nitrogens is 2. The Bertz CT molecular complexity index is 997. The van der Waals surface area contributed by atoms with Crippen LogP contribution in [0.25, 0.3) is 0 Å². The topological polar surface area (TPSA) is 84.0 Å². The van der Waals surface area contributed by atoms with Crippen LogP contribution >= 0.6 is 0 Å². The van der Waals surface area contributed by atoms with Gasteiger partial charge in [0.1, 0.15) is 17.3 Å². The van der Waals surface area contributed by atoms with E-state index in [4.69, 9.17) is 0 Å². The number of aryl methyl sites for hydroxylation is 2. The van der Waals surface area contributed by atoms with Gasteiger partial charge in [-0.2, -0.15) is 0 Å². The van der Waals surface area contributed by atoms with Gasteiger partial charge in [-0.25, -0.2) is 9.97 Å². The maximum atomic E-state index is 12.5. The van der Waals surface area contributed by atoms with Crippen molar-refractivity contribution in [1.29, 1.82) is 0 Å². The Morgan fingerprint density at radius 1 is 0.889 bits per heavy atom. The molecule has 6 heteroatoms. The van der Waals surface area contributed by atoms with Crippen molar-refractivity contribution in [2.75, 3.05) is 10.6 Å². The summed E-state index contributed by atoms with van der Waals surface area (Å²) < 4.78 is 0. The molecular weight excluding hydrogens is 340 g/mol. The summed E-state index contributed by atoms with van der Waals surface area (Å²) in [6.45, 7) is 5.22. The summed E-state index contributed by atoms with van der Waals surface area (Å²) in [5.74, 6) is 0.620. The predicted molar refractivity (Wildman–Crippen MR) is 106 cm³/mol. The van der Waals surface area contributed by atoms with Crippen molar-refractivity contribution in [1.82, 2.24) is 9.97 Å². The number of carbonyl (C=O) groups excluding carboxylic acids is 2. The molecule has 0 aliphatic carbocycles. The van der Waals surface area contributed by atoms with Gasteiger partial charge >= 0.3 is 0 Å². The first-order valence-corrected chi connectivity index (χ1v) is 8.52. The van der Waals surface area contributed by atoms with Gasteiger partial charge in [0.25, 0.3) is 5.91 Å². The molecule has 3 rings (SSSR count). The highest BCUT2D eigenvalue weighted by atomic mass is 16.2. The zero-order valence-electron chi connectivity index (χ0n) is 15.4. The van der Waals surface area contributed by atoms with Crippen LogP contribution in [0.1, 0.15) is 39.2 Å². The first-order chi connectivity index (χ1) is 12.9. The van der Waals surface area contributed by atoms with Crippen molar-refractivity contribution in [3.8, 4) is 0 Å². The second-order valence-corrected chi connectivity index (χ2v) is 6.27. The average Bonchev–Trinajstić information content (AvgIpc) is 2.63. The Morgan fingerprint density at radius 2 is 1.63 bits per heavy atom. The lowest BCUT2D eigenvalue weighted by molar-refractivity contribution is 0.101. The maximum absolute atomic E-state index is 12.5. The molecule has 6 nitrogen and oxygen atoms in total. The third-order valence-electron chi connectivity index (χ3n) is 3.92. The quantitative estimate of drug-likeness (QED) is 0.663. The molecule has 2 N–H and O–H groups in total. The summed E-state index contributed by atoms with van der Waals surface area (Å²) in [6.07, 6.45) is 0. The number of nitrogens with one attached hydrogen (secondary N) is 2. The number of rotatable bonds is 5. The Hall–Kier alpha value is -3.54. The minimum absolute atomic E-state index is 0.0179. The Labute approximate surface area is 157 Å². The molecule has 0 bridgehead atoms. The van der Waals surface area contributed by atoms with Gasteiger partial charge < -0.3 is 10.6 Å². The molecule has 1 heterocycles. The largest absolute Gasteiger partial charge is 0.340 e. The lowest BCUT2D eigenvalue weighted by atomic mass is 10.1. The van der Waals surface area contributed by atoms with Crippen molar-refractivity contribution in [3.63, 3.8) is 0 Å². The smallest absolute Gasteiger partial charge is 0.274 e. The van der Waals surface area contributed by atoms with E-state index in [1.165, 1.54) is 6.92 Å². The molecule has 0 radical (unpaired) electrons. The number of anilines is 3. The van der Waals surface area contributed by atoms with Gasteiger partial charge in [-0.1, -0.05) is 29.8 Å². The van der Waals surface area contributed by atoms with E-state index in [9.17, 15) is 9.59 Å².